The van der Waals surface area contributed by atoms with Crippen LogP contribution in [0.4, 0.5) is 11.5 Å². The Morgan fingerprint density at radius 2 is 1.94 bits per heavy atom. The maximum absolute atomic E-state index is 6.13. The number of aryl methyl sites for hydroxylation is 1. The van der Waals surface area contributed by atoms with Crippen molar-refractivity contribution >= 4 is 11.5 Å². The number of fused-ring (bicyclic) bond motifs is 1. The summed E-state index contributed by atoms with van der Waals surface area (Å²) >= 11 is 0. The van der Waals surface area contributed by atoms with Crippen molar-refractivity contribution in [2.24, 2.45) is 0 Å². The third kappa shape index (κ3) is 1.82. The van der Waals surface area contributed by atoms with Crippen LogP contribution < -0.4 is 10.6 Å². The van der Waals surface area contributed by atoms with E-state index >= 15 is 0 Å². The molecule has 0 aliphatic carbocycles. The van der Waals surface area contributed by atoms with E-state index in [-0.39, 0.29) is 0 Å². The molecule has 92 valence electrons. The highest BCUT2D eigenvalue weighted by Gasteiger charge is 2.19. The van der Waals surface area contributed by atoms with Crippen LogP contribution in [0.15, 0.2) is 36.5 Å². The number of aromatic nitrogens is 1. The molecule has 2 N–H and O–H groups in total. The van der Waals surface area contributed by atoms with Crippen molar-refractivity contribution in [3.63, 3.8) is 0 Å². The summed E-state index contributed by atoms with van der Waals surface area (Å²) in [6.07, 6.45) is 2.90. The number of nitrogen functional groups attached to an aromatic ring is 1. The first-order chi connectivity index (χ1) is 8.75. The van der Waals surface area contributed by atoms with E-state index in [1.54, 1.807) is 0 Å². The van der Waals surface area contributed by atoms with Crippen molar-refractivity contribution in [3.05, 3.63) is 53.2 Å². The Morgan fingerprint density at radius 1 is 1.17 bits per heavy atom. The van der Waals surface area contributed by atoms with Gasteiger partial charge in [-0.3, -0.25) is 0 Å². The zero-order chi connectivity index (χ0) is 12.5. The standard InChI is InChI=1S/C15H17N3/c1-11-6-8-17-15(14(11)16)18-9-7-12-4-2-3-5-13(12)10-18/h2-6,8H,7,9-10,16H2,1H3. The largest absolute Gasteiger partial charge is 0.396 e. The van der Waals surface area contributed by atoms with Crippen LogP contribution in [0.2, 0.25) is 0 Å². The van der Waals surface area contributed by atoms with E-state index in [1.807, 2.05) is 19.2 Å². The van der Waals surface area contributed by atoms with Gasteiger partial charge in [0, 0.05) is 19.3 Å². The van der Waals surface area contributed by atoms with Crippen molar-refractivity contribution in [3.8, 4) is 0 Å². The molecule has 0 radical (unpaired) electrons. The molecule has 0 bridgehead atoms. The van der Waals surface area contributed by atoms with Gasteiger partial charge in [0.1, 0.15) is 0 Å². The van der Waals surface area contributed by atoms with Gasteiger partial charge in [0.25, 0.3) is 0 Å². The molecule has 3 heteroatoms. The molecule has 18 heavy (non-hydrogen) atoms. The Bertz CT molecular complexity index is 578. The lowest BCUT2D eigenvalue weighted by molar-refractivity contribution is 0.722. The fourth-order valence-electron chi connectivity index (χ4n) is 2.48. The second-order valence-corrected chi connectivity index (χ2v) is 4.81. The van der Waals surface area contributed by atoms with Gasteiger partial charge in [-0.15, -0.1) is 0 Å². The Kier molecular flexibility index (Phi) is 2.67. The normalized spacial score (nSPS) is 14.4. The monoisotopic (exact) mass is 239 g/mol. The van der Waals surface area contributed by atoms with Crippen LogP contribution in [0.1, 0.15) is 16.7 Å². The molecule has 1 aliphatic rings. The minimum Gasteiger partial charge on any atom is -0.396 e. The van der Waals surface area contributed by atoms with Crippen molar-refractivity contribution < 1.29 is 0 Å². The lowest BCUT2D eigenvalue weighted by atomic mass is 10.00. The number of rotatable bonds is 1. The van der Waals surface area contributed by atoms with Crippen LogP contribution in [-0.2, 0) is 13.0 Å². The zero-order valence-corrected chi connectivity index (χ0v) is 10.6. The van der Waals surface area contributed by atoms with Crippen molar-refractivity contribution in [1.29, 1.82) is 0 Å². The number of pyridine rings is 1. The van der Waals surface area contributed by atoms with Gasteiger partial charge < -0.3 is 10.6 Å². The summed E-state index contributed by atoms with van der Waals surface area (Å²) in [6, 6.07) is 10.5. The average molecular weight is 239 g/mol. The summed E-state index contributed by atoms with van der Waals surface area (Å²) in [5.74, 6) is 0.921. The number of hydrogen-bond acceptors (Lipinski definition) is 3. The van der Waals surface area contributed by atoms with Crippen LogP contribution >= 0.6 is 0 Å². The molecule has 1 aromatic heterocycles. The molecule has 3 rings (SSSR count). The Morgan fingerprint density at radius 3 is 2.78 bits per heavy atom. The van der Waals surface area contributed by atoms with Gasteiger partial charge in [-0.1, -0.05) is 24.3 Å². The summed E-state index contributed by atoms with van der Waals surface area (Å²) < 4.78 is 0. The summed E-state index contributed by atoms with van der Waals surface area (Å²) in [7, 11) is 0. The minimum atomic E-state index is 0.803. The van der Waals surface area contributed by atoms with Gasteiger partial charge >= 0.3 is 0 Å². The van der Waals surface area contributed by atoms with Crippen LogP contribution in [0, 0.1) is 6.92 Å². The topological polar surface area (TPSA) is 42.2 Å². The van der Waals surface area contributed by atoms with E-state index in [9.17, 15) is 0 Å². The lowest BCUT2D eigenvalue weighted by Crippen LogP contribution is -2.31. The van der Waals surface area contributed by atoms with Gasteiger partial charge in [-0.2, -0.15) is 0 Å². The molecule has 0 spiro atoms. The first-order valence-corrected chi connectivity index (χ1v) is 6.28. The lowest BCUT2D eigenvalue weighted by Gasteiger charge is -2.30. The maximum Gasteiger partial charge on any atom is 0.152 e. The summed E-state index contributed by atoms with van der Waals surface area (Å²) in [6.45, 7) is 3.91. The van der Waals surface area contributed by atoms with Gasteiger partial charge in [-0.05, 0) is 36.1 Å². The van der Waals surface area contributed by atoms with Crippen LogP contribution in [0.3, 0.4) is 0 Å². The number of anilines is 2. The van der Waals surface area contributed by atoms with Gasteiger partial charge in [0.15, 0.2) is 5.82 Å². The van der Waals surface area contributed by atoms with E-state index in [0.29, 0.717) is 0 Å². The number of nitrogens with two attached hydrogens (primary N) is 1. The summed E-state index contributed by atoms with van der Waals surface area (Å²) in [5, 5.41) is 0. The van der Waals surface area contributed by atoms with Gasteiger partial charge in [0.2, 0.25) is 0 Å². The van der Waals surface area contributed by atoms with E-state index in [0.717, 1.165) is 36.6 Å². The Hall–Kier alpha value is -2.03. The number of nitrogens with zero attached hydrogens (tertiary/aromatic N) is 2. The molecule has 0 amide bonds. The highest BCUT2D eigenvalue weighted by molar-refractivity contribution is 5.67. The fraction of sp³-hybridized carbons (Fsp3) is 0.267. The molecule has 1 aliphatic heterocycles. The molecular formula is C15H17N3. The van der Waals surface area contributed by atoms with E-state index in [2.05, 4.69) is 34.1 Å². The minimum absolute atomic E-state index is 0.803. The molecule has 0 unspecified atom stereocenters. The first kappa shape index (κ1) is 11.1. The Labute approximate surface area is 107 Å². The quantitative estimate of drug-likeness (QED) is 0.831. The third-order valence-corrected chi connectivity index (χ3v) is 3.62. The van der Waals surface area contributed by atoms with Crippen molar-refractivity contribution in [2.45, 2.75) is 19.9 Å². The highest BCUT2D eigenvalue weighted by atomic mass is 15.2. The van der Waals surface area contributed by atoms with Crippen LogP contribution in [0.5, 0.6) is 0 Å². The molecular weight excluding hydrogens is 222 g/mol. The molecule has 1 aromatic carbocycles. The van der Waals surface area contributed by atoms with E-state index in [1.165, 1.54) is 11.1 Å². The van der Waals surface area contributed by atoms with Gasteiger partial charge in [0.05, 0.1) is 5.69 Å². The summed E-state index contributed by atoms with van der Waals surface area (Å²) in [4.78, 5) is 6.71. The Balaban J connectivity index is 1.94. The van der Waals surface area contributed by atoms with E-state index < -0.39 is 0 Å². The van der Waals surface area contributed by atoms with Crippen molar-refractivity contribution in [2.75, 3.05) is 17.2 Å². The zero-order valence-electron chi connectivity index (χ0n) is 10.6. The van der Waals surface area contributed by atoms with Crippen molar-refractivity contribution in [1.82, 2.24) is 4.98 Å². The molecule has 3 nitrogen and oxygen atoms in total. The molecule has 0 saturated heterocycles. The van der Waals surface area contributed by atoms with Crippen LogP contribution in [0.25, 0.3) is 0 Å². The van der Waals surface area contributed by atoms with E-state index in [4.69, 9.17) is 5.73 Å². The number of benzene rings is 1. The first-order valence-electron chi connectivity index (χ1n) is 6.28. The molecule has 0 atom stereocenters. The molecule has 2 aromatic rings. The third-order valence-electron chi connectivity index (χ3n) is 3.62. The SMILES string of the molecule is Cc1ccnc(N2CCc3ccccc3C2)c1N. The summed E-state index contributed by atoms with van der Waals surface area (Å²) in [5.41, 5.74) is 10.9. The molecule has 2 heterocycles. The molecule has 0 fully saturated rings. The molecule has 0 saturated carbocycles. The second kappa shape index (κ2) is 4.33. The van der Waals surface area contributed by atoms with Crippen LogP contribution in [-0.4, -0.2) is 11.5 Å². The number of hydrogen-bond donors (Lipinski definition) is 1. The highest BCUT2D eigenvalue weighted by Crippen LogP contribution is 2.28. The predicted octanol–water partition coefficient (Wildman–Crippen LogP) is 2.53. The smallest absolute Gasteiger partial charge is 0.152 e. The fourth-order valence-corrected chi connectivity index (χ4v) is 2.48. The predicted molar refractivity (Wildman–Crippen MR) is 74.6 cm³/mol. The van der Waals surface area contributed by atoms with Gasteiger partial charge in [-0.25, -0.2) is 4.98 Å². The average Bonchev–Trinajstić information content (AvgIpc) is 2.41. The maximum atomic E-state index is 6.13. The second-order valence-electron chi connectivity index (χ2n) is 4.81.